The van der Waals surface area contributed by atoms with Crippen molar-refractivity contribution in [3.8, 4) is 11.5 Å². The van der Waals surface area contributed by atoms with Crippen LogP contribution in [-0.2, 0) is 4.79 Å². The molecule has 1 fully saturated rings. The van der Waals surface area contributed by atoms with Crippen molar-refractivity contribution in [1.29, 1.82) is 0 Å². The van der Waals surface area contributed by atoms with Crippen LogP contribution in [0.25, 0.3) is 6.08 Å². The van der Waals surface area contributed by atoms with Gasteiger partial charge in [0.2, 0.25) is 5.91 Å². The van der Waals surface area contributed by atoms with Gasteiger partial charge in [-0.25, -0.2) is 0 Å². The average Bonchev–Trinajstić information content (AvgIpc) is 3.54. The Bertz CT molecular complexity index is 842. The van der Waals surface area contributed by atoms with Gasteiger partial charge in [-0.1, -0.05) is 18.2 Å². The van der Waals surface area contributed by atoms with Crippen molar-refractivity contribution in [3.63, 3.8) is 0 Å². The minimum atomic E-state index is -0.204. The second-order valence-electron chi connectivity index (χ2n) is 6.52. The number of methoxy groups -OCH3 is 1. The Morgan fingerprint density at radius 1 is 1.11 bits per heavy atom. The predicted octanol–water partition coefficient (Wildman–Crippen LogP) is 2.80. The molecule has 1 aliphatic rings. The molecule has 1 aliphatic carbocycles. The van der Waals surface area contributed by atoms with Crippen molar-refractivity contribution in [3.05, 3.63) is 65.7 Å². The number of carbonyl (C=O) groups is 2. The summed E-state index contributed by atoms with van der Waals surface area (Å²) in [7, 11) is 1.60. The second kappa shape index (κ2) is 9.60. The van der Waals surface area contributed by atoms with E-state index < -0.39 is 0 Å². The van der Waals surface area contributed by atoms with E-state index in [1.807, 2.05) is 30.3 Å². The Hall–Kier alpha value is -3.28. The lowest BCUT2D eigenvalue weighted by atomic mass is 10.1. The van der Waals surface area contributed by atoms with Gasteiger partial charge in [-0.05, 0) is 48.7 Å². The number of hydrogen-bond acceptors (Lipinski definition) is 4. The second-order valence-corrected chi connectivity index (χ2v) is 6.52. The van der Waals surface area contributed by atoms with Gasteiger partial charge in [0.25, 0.3) is 5.91 Å². The molecule has 0 saturated heterocycles. The van der Waals surface area contributed by atoms with Crippen molar-refractivity contribution >= 4 is 17.9 Å². The number of carbonyl (C=O) groups excluding carboxylic acids is 2. The van der Waals surface area contributed by atoms with Gasteiger partial charge >= 0.3 is 0 Å². The number of hydrogen-bond donors (Lipinski definition) is 2. The molecule has 2 aromatic carbocycles. The molecule has 0 bridgehead atoms. The van der Waals surface area contributed by atoms with Crippen LogP contribution in [0.4, 0.5) is 0 Å². The number of benzene rings is 2. The fourth-order valence-electron chi connectivity index (χ4n) is 2.51. The van der Waals surface area contributed by atoms with Crippen LogP contribution in [0.2, 0.25) is 0 Å². The zero-order valence-corrected chi connectivity index (χ0v) is 15.8. The van der Waals surface area contributed by atoms with E-state index in [1.165, 1.54) is 6.08 Å². The van der Waals surface area contributed by atoms with E-state index in [9.17, 15) is 9.59 Å². The van der Waals surface area contributed by atoms with E-state index >= 15 is 0 Å². The monoisotopic (exact) mass is 380 g/mol. The lowest BCUT2D eigenvalue weighted by molar-refractivity contribution is -0.116. The molecule has 3 rings (SSSR count). The molecule has 6 heteroatoms. The first-order chi connectivity index (χ1) is 13.6. The highest BCUT2D eigenvalue weighted by Gasteiger charge is 2.23. The maximum absolute atomic E-state index is 11.9. The fourth-order valence-corrected chi connectivity index (χ4v) is 2.51. The van der Waals surface area contributed by atoms with Crippen LogP contribution in [0.15, 0.2) is 54.6 Å². The van der Waals surface area contributed by atoms with Crippen molar-refractivity contribution in [2.24, 2.45) is 0 Å². The Morgan fingerprint density at radius 2 is 1.86 bits per heavy atom. The SMILES string of the molecule is COc1cccc(OCCNC(=O)/C=C/c2ccc(C(=O)NC3CC3)cc2)c1. The Kier molecular flexibility index (Phi) is 6.68. The summed E-state index contributed by atoms with van der Waals surface area (Å²) in [6.45, 7) is 0.748. The normalized spacial score (nSPS) is 13.2. The molecule has 0 unspecified atom stereocenters. The van der Waals surface area contributed by atoms with E-state index in [-0.39, 0.29) is 11.8 Å². The number of rotatable bonds is 9. The summed E-state index contributed by atoms with van der Waals surface area (Å²) in [4.78, 5) is 23.8. The summed E-state index contributed by atoms with van der Waals surface area (Å²) < 4.78 is 10.7. The van der Waals surface area contributed by atoms with E-state index in [4.69, 9.17) is 9.47 Å². The highest BCUT2D eigenvalue weighted by Crippen LogP contribution is 2.20. The molecule has 28 heavy (non-hydrogen) atoms. The minimum absolute atomic E-state index is 0.0493. The van der Waals surface area contributed by atoms with Crippen LogP contribution in [0.1, 0.15) is 28.8 Å². The fraction of sp³-hybridized carbons (Fsp3) is 0.273. The van der Waals surface area contributed by atoms with Gasteiger partial charge in [-0.2, -0.15) is 0 Å². The number of amides is 2. The molecule has 0 radical (unpaired) electrons. The third kappa shape index (κ3) is 6.16. The predicted molar refractivity (Wildman–Crippen MR) is 107 cm³/mol. The molecule has 146 valence electrons. The maximum Gasteiger partial charge on any atom is 0.251 e. The molecule has 2 amide bonds. The largest absolute Gasteiger partial charge is 0.497 e. The van der Waals surface area contributed by atoms with Gasteiger partial charge in [0, 0.05) is 23.7 Å². The van der Waals surface area contributed by atoms with E-state index in [2.05, 4.69) is 10.6 Å². The molecule has 0 aromatic heterocycles. The quantitative estimate of drug-likeness (QED) is 0.518. The summed E-state index contributed by atoms with van der Waals surface area (Å²) >= 11 is 0. The first kappa shape index (κ1) is 19.5. The Balaban J connectivity index is 1.38. The summed E-state index contributed by atoms with van der Waals surface area (Å²) in [5.41, 5.74) is 1.48. The smallest absolute Gasteiger partial charge is 0.251 e. The van der Waals surface area contributed by atoms with Gasteiger partial charge in [-0.15, -0.1) is 0 Å². The highest BCUT2D eigenvalue weighted by molar-refractivity contribution is 5.95. The van der Waals surface area contributed by atoms with Crippen LogP contribution >= 0.6 is 0 Å². The molecule has 2 aromatic rings. The third-order valence-electron chi connectivity index (χ3n) is 4.22. The zero-order chi connectivity index (χ0) is 19.8. The standard InChI is InChI=1S/C22H24N2O4/c1-27-19-3-2-4-20(15-19)28-14-13-23-21(25)12-7-16-5-8-17(9-6-16)22(26)24-18-10-11-18/h2-9,12,15,18H,10-11,13-14H2,1H3,(H,23,25)(H,24,26)/b12-7+. The van der Waals surface area contributed by atoms with E-state index in [0.29, 0.717) is 30.5 Å². The highest BCUT2D eigenvalue weighted by atomic mass is 16.5. The van der Waals surface area contributed by atoms with Crippen LogP contribution in [0.5, 0.6) is 11.5 Å². The Labute approximate surface area is 164 Å². The van der Waals surface area contributed by atoms with Crippen LogP contribution in [0.3, 0.4) is 0 Å². The molecule has 2 N–H and O–H groups in total. The van der Waals surface area contributed by atoms with Crippen LogP contribution in [-0.4, -0.2) is 38.1 Å². The molecule has 0 aliphatic heterocycles. The lowest BCUT2D eigenvalue weighted by Crippen LogP contribution is -2.26. The molecule has 0 spiro atoms. The van der Waals surface area contributed by atoms with Gasteiger partial charge < -0.3 is 20.1 Å². The molecule has 0 heterocycles. The van der Waals surface area contributed by atoms with Crippen molar-refractivity contribution in [2.45, 2.75) is 18.9 Å². The van der Waals surface area contributed by atoms with Crippen LogP contribution < -0.4 is 20.1 Å². The van der Waals surface area contributed by atoms with Gasteiger partial charge in [0.15, 0.2) is 0 Å². The van der Waals surface area contributed by atoms with E-state index in [0.717, 1.165) is 24.2 Å². The molecular weight excluding hydrogens is 356 g/mol. The van der Waals surface area contributed by atoms with Gasteiger partial charge in [-0.3, -0.25) is 9.59 Å². The average molecular weight is 380 g/mol. The number of nitrogens with one attached hydrogen (secondary N) is 2. The van der Waals surface area contributed by atoms with Crippen LogP contribution in [0, 0.1) is 0 Å². The molecule has 1 saturated carbocycles. The molecule has 6 nitrogen and oxygen atoms in total. The van der Waals surface area contributed by atoms with Crippen molar-refractivity contribution in [2.75, 3.05) is 20.3 Å². The molecular formula is C22H24N2O4. The topological polar surface area (TPSA) is 76.7 Å². The zero-order valence-electron chi connectivity index (χ0n) is 15.8. The summed E-state index contributed by atoms with van der Waals surface area (Å²) in [6.07, 6.45) is 5.30. The maximum atomic E-state index is 11.9. The lowest BCUT2D eigenvalue weighted by Gasteiger charge is -2.08. The van der Waals surface area contributed by atoms with Crippen molar-refractivity contribution < 1.29 is 19.1 Å². The number of ether oxygens (including phenoxy) is 2. The first-order valence-electron chi connectivity index (χ1n) is 9.28. The van der Waals surface area contributed by atoms with Gasteiger partial charge in [0.05, 0.1) is 13.7 Å². The summed E-state index contributed by atoms with van der Waals surface area (Å²) in [5, 5.41) is 5.71. The van der Waals surface area contributed by atoms with E-state index in [1.54, 1.807) is 31.4 Å². The molecule has 0 atom stereocenters. The summed E-state index contributed by atoms with van der Waals surface area (Å²) in [5.74, 6) is 1.16. The summed E-state index contributed by atoms with van der Waals surface area (Å²) in [6, 6.07) is 14.8. The Morgan fingerprint density at radius 3 is 2.57 bits per heavy atom. The third-order valence-corrected chi connectivity index (χ3v) is 4.22. The van der Waals surface area contributed by atoms with Crippen molar-refractivity contribution in [1.82, 2.24) is 10.6 Å². The first-order valence-corrected chi connectivity index (χ1v) is 9.28. The minimum Gasteiger partial charge on any atom is -0.497 e. The van der Waals surface area contributed by atoms with Gasteiger partial charge in [0.1, 0.15) is 18.1 Å².